The molecule has 0 radical (unpaired) electrons. The highest BCUT2D eigenvalue weighted by Gasteiger charge is 2.28. The fourth-order valence-electron chi connectivity index (χ4n) is 5.86. The highest BCUT2D eigenvalue weighted by molar-refractivity contribution is 5.96. The Morgan fingerprint density at radius 1 is 1.08 bits per heavy atom. The Labute approximate surface area is 216 Å². The molecule has 194 valence electrons. The van der Waals surface area contributed by atoms with E-state index in [4.69, 9.17) is 14.7 Å². The highest BCUT2D eigenvalue weighted by atomic mass is 16.5. The predicted molar refractivity (Wildman–Crippen MR) is 142 cm³/mol. The van der Waals surface area contributed by atoms with Gasteiger partial charge in [-0.1, -0.05) is 12.1 Å². The summed E-state index contributed by atoms with van der Waals surface area (Å²) < 4.78 is 9.72. The lowest BCUT2D eigenvalue weighted by atomic mass is 10.0. The van der Waals surface area contributed by atoms with Crippen LogP contribution in [0.4, 0.5) is 5.82 Å². The lowest BCUT2D eigenvalue weighted by Crippen LogP contribution is -2.35. The fourth-order valence-corrected chi connectivity index (χ4v) is 5.86. The van der Waals surface area contributed by atoms with Gasteiger partial charge >= 0.3 is 0 Å². The number of rotatable bonds is 6. The Hall–Kier alpha value is -3.53. The van der Waals surface area contributed by atoms with Crippen LogP contribution in [-0.4, -0.2) is 67.8 Å². The Morgan fingerprint density at radius 3 is 2.65 bits per heavy atom. The molecule has 0 saturated carbocycles. The third-order valence-corrected chi connectivity index (χ3v) is 7.83. The molecule has 2 aliphatic heterocycles. The van der Waals surface area contributed by atoms with Gasteiger partial charge in [-0.2, -0.15) is 0 Å². The lowest BCUT2D eigenvalue weighted by molar-refractivity contribution is 0.0640. The maximum absolute atomic E-state index is 13.1. The van der Waals surface area contributed by atoms with Gasteiger partial charge < -0.3 is 24.1 Å². The largest absolute Gasteiger partial charge is 0.381 e. The number of carbonyl (C=O) groups is 1. The van der Waals surface area contributed by atoms with Gasteiger partial charge in [0.2, 0.25) is 5.82 Å². The summed E-state index contributed by atoms with van der Waals surface area (Å²) in [4.78, 5) is 34.1. The van der Waals surface area contributed by atoms with E-state index in [0.717, 1.165) is 69.1 Å². The van der Waals surface area contributed by atoms with Gasteiger partial charge in [-0.05, 0) is 57.6 Å². The number of hydrogen-bond acceptors (Lipinski definition) is 7. The molecule has 37 heavy (non-hydrogen) atoms. The molecule has 2 fully saturated rings. The molecule has 1 amide bonds. The molecule has 0 spiro atoms. The summed E-state index contributed by atoms with van der Waals surface area (Å²) in [6.45, 7) is 8.60. The van der Waals surface area contributed by atoms with Gasteiger partial charge in [-0.3, -0.25) is 4.79 Å². The number of piperidine rings is 1. The number of aryl methyl sites for hydroxylation is 2. The van der Waals surface area contributed by atoms with Crippen molar-refractivity contribution in [2.75, 3.05) is 37.7 Å². The van der Waals surface area contributed by atoms with Crippen LogP contribution >= 0.6 is 0 Å². The number of para-hydroxylation sites is 2. The molecule has 0 atom stereocenters. The first-order chi connectivity index (χ1) is 18.1. The van der Waals surface area contributed by atoms with E-state index in [1.807, 2.05) is 17.6 Å². The summed E-state index contributed by atoms with van der Waals surface area (Å²) in [5.74, 6) is 2.56. The smallest absolute Gasteiger partial charge is 0.287 e. The number of carbonyl (C=O) groups excluding carboxylic acids is 1. The first-order valence-corrected chi connectivity index (χ1v) is 13.4. The first-order valence-electron chi connectivity index (χ1n) is 13.4. The number of fused-ring (bicyclic) bond motifs is 2. The number of nitrogens with zero attached hydrogens (tertiary/aromatic N) is 7. The van der Waals surface area contributed by atoms with E-state index in [0.29, 0.717) is 42.0 Å². The van der Waals surface area contributed by atoms with Gasteiger partial charge in [0.25, 0.3) is 5.91 Å². The van der Waals surface area contributed by atoms with E-state index in [1.165, 1.54) is 5.52 Å². The summed E-state index contributed by atoms with van der Waals surface area (Å²) in [5.41, 5.74) is 3.65. The highest BCUT2D eigenvalue weighted by Crippen LogP contribution is 2.32. The maximum atomic E-state index is 13.1. The number of benzene rings is 1. The number of amides is 1. The second kappa shape index (κ2) is 10.1. The molecule has 5 heterocycles. The zero-order chi connectivity index (χ0) is 25.4. The van der Waals surface area contributed by atoms with Crippen LogP contribution < -0.4 is 10.2 Å². The van der Waals surface area contributed by atoms with Crippen molar-refractivity contribution in [1.82, 2.24) is 34.4 Å². The normalized spacial score (nSPS) is 17.6. The second-order valence-electron chi connectivity index (χ2n) is 10.1. The zero-order valence-electron chi connectivity index (χ0n) is 21.6. The molecule has 1 aromatic carbocycles. The molecule has 0 aliphatic carbocycles. The zero-order valence-corrected chi connectivity index (χ0v) is 21.6. The number of ether oxygens (including phenoxy) is 1. The van der Waals surface area contributed by atoms with E-state index >= 15 is 0 Å². The Morgan fingerprint density at radius 2 is 1.86 bits per heavy atom. The molecule has 3 aromatic heterocycles. The van der Waals surface area contributed by atoms with E-state index in [9.17, 15) is 4.79 Å². The average molecular weight is 503 g/mol. The van der Waals surface area contributed by atoms with Crippen LogP contribution in [0.2, 0.25) is 0 Å². The van der Waals surface area contributed by atoms with Crippen LogP contribution in [0.5, 0.6) is 0 Å². The number of imidazole rings is 2. The molecule has 0 bridgehead atoms. The van der Waals surface area contributed by atoms with Gasteiger partial charge in [0.05, 0.1) is 11.0 Å². The molecule has 0 unspecified atom stereocenters. The molecule has 2 aliphatic rings. The fraction of sp³-hybridized carbons (Fsp3) is 0.519. The van der Waals surface area contributed by atoms with Crippen LogP contribution in [0.25, 0.3) is 22.2 Å². The van der Waals surface area contributed by atoms with Gasteiger partial charge in [-0.15, -0.1) is 0 Å². The standard InChI is InChI=1S/C27H34N8O2/c1-3-34-25-23(32-26(34)27(36)28-16-19-10-14-37-15-11-19)24(29-17-30-25)33-12-8-20(9-13-33)35-18(2)31-21-6-4-5-7-22(21)35/h4-7,17,19-20H,3,8-16H2,1-2H3,(H,28,36). The van der Waals surface area contributed by atoms with Gasteiger partial charge in [-0.25, -0.2) is 19.9 Å². The molecule has 1 N–H and O–H groups in total. The summed E-state index contributed by atoms with van der Waals surface area (Å²) in [6, 6.07) is 8.74. The van der Waals surface area contributed by atoms with Crippen molar-refractivity contribution in [2.24, 2.45) is 5.92 Å². The van der Waals surface area contributed by atoms with E-state index in [-0.39, 0.29) is 5.91 Å². The van der Waals surface area contributed by atoms with E-state index in [2.05, 4.69) is 49.9 Å². The topological polar surface area (TPSA) is 103 Å². The minimum atomic E-state index is -0.154. The summed E-state index contributed by atoms with van der Waals surface area (Å²) in [6.07, 6.45) is 5.52. The molecule has 2 saturated heterocycles. The SMILES string of the molecule is CCn1c(C(=O)NCC2CCOCC2)nc2c(N3CCC(n4c(C)nc5ccccc54)CC3)ncnc21. The summed E-state index contributed by atoms with van der Waals surface area (Å²) in [5, 5.41) is 3.10. The van der Waals surface area contributed by atoms with Gasteiger partial charge in [0.15, 0.2) is 17.0 Å². The first kappa shape index (κ1) is 23.8. The number of hydrogen-bond donors (Lipinski definition) is 1. The van der Waals surface area contributed by atoms with Crippen molar-refractivity contribution >= 4 is 33.9 Å². The van der Waals surface area contributed by atoms with Crippen LogP contribution in [0.1, 0.15) is 55.1 Å². The van der Waals surface area contributed by atoms with Crippen molar-refractivity contribution in [2.45, 2.75) is 52.1 Å². The van der Waals surface area contributed by atoms with Crippen molar-refractivity contribution in [3.05, 3.63) is 42.2 Å². The van der Waals surface area contributed by atoms with Crippen molar-refractivity contribution < 1.29 is 9.53 Å². The van der Waals surface area contributed by atoms with Gasteiger partial charge in [0.1, 0.15) is 12.2 Å². The Kier molecular flexibility index (Phi) is 6.50. The van der Waals surface area contributed by atoms with E-state index in [1.54, 1.807) is 6.33 Å². The lowest BCUT2D eigenvalue weighted by Gasteiger charge is -2.34. The quantitative estimate of drug-likeness (QED) is 0.430. The van der Waals surface area contributed by atoms with E-state index < -0.39 is 0 Å². The number of nitrogens with one attached hydrogen (secondary N) is 1. The van der Waals surface area contributed by atoms with Crippen molar-refractivity contribution in [1.29, 1.82) is 0 Å². The Bertz CT molecular complexity index is 1410. The van der Waals surface area contributed by atoms with Crippen LogP contribution in [0.15, 0.2) is 30.6 Å². The third-order valence-electron chi connectivity index (χ3n) is 7.83. The molecule has 10 nitrogen and oxygen atoms in total. The minimum absolute atomic E-state index is 0.154. The minimum Gasteiger partial charge on any atom is -0.381 e. The second-order valence-corrected chi connectivity index (χ2v) is 10.1. The number of aromatic nitrogens is 6. The van der Waals surface area contributed by atoms with Crippen LogP contribution in [0.3, 0.4) is 0 Å². The molecular formula is C27H34N8O2. The summed E-state index contributed by atoms with van der Waals surface area (Å²) >= 11 is 0. The van der Waals surface area contributed by atoms with Gasteiger partial charge in [0, 0.05) is 45.4 Å². The van der Waals surface area contributed by atoms with Crippen molar-refractivity contribution in [3.63, 3.8) is 0 Å². The Balaban J connectivity index is 1.22. The van der Waals surface area contributed by atoms with Crippen molar-refractivity contribution in [3.8, 4) is 0 Å². The molecule has 4 aromatic rings. The average Bonchev–Trinajstić information content (AvgIpc) is 3.49. The third kappa shape index (κ3) is 4.43. The maximum Gasteiger partial charge on any atom is 0.287 e. The van der Waals surface area contributed by atoms with Crippen LogP contribution in [-0.2, 0) is 11.3 Å². The predicted octanol–water partition coefficient (Wildman–Crippen LogP) is 3.50. The number of anilines is 1. The van der Waals surface area contributed by atoms with Crippen LogP contribution in [0, 0.1) is 12.8 Å². The monoisotopic (exact) mass is 502 g/mol. The molecule has 6 rings (SSSR count). The molecular weight excluding hydrogens is 468 g/mol. The summed E-state index contributed by atoms with van der Waals surface area (Å²) in [7, 11) is 0. The molecule has 10 heteroatoms.